The van der Waals surface area contributed by atoms with Gasteiger partial charge in [-0.1, -0.05) is 0 Å². The molecule has 0 fully saturated rings. The molecule has 1 aromatic rings. The topological polar surface area (TPSA) is 81.0 Å². The summed E-state index contributed by atoms with van der Waals surface area (Å²) in [5.74, 6) is 0. The first-order valence-electron chi connectivity index (χ1n) is 6.99. The zero-order valence-corrected chi connectivity index (χ0v) is 13.2. The number of hydrogen-bond donors (Lipinski definition) is 2. The highest BCUT2D eigenvalue weighted by Gasteiger charge is 2.31. The normalized spacial score (nSPS) is 10.8. The van der Waals surface area contributed by atoms with Gasteiger partial charge in [-0.05, 0) is 26.8 Å². The van der Waals surface area contributed by atoms with Crippen LogP contribution in [0.3, 0.4) is 0 Å². The highest BCUT2D eigenvalue weighted by Crippen LogP contribution is 2.27. The third kappa shape index (κ3) is 9.57. The molecule has 11 heteroatoms. The van der Waals surface area contributed by atoms with Crippen LogP contribution in [0.4, 0.5) is 13.2 Å². The first-order chi connectivity index (χ1) is 10.8. The lowest BCUT2D eigenvalue weighted by atomic mass is 9.81. The minimum Gasteiger partial charge on any atom is -0.423 e. The van der Waals surface area contributed by atoms with Crippen LogP contribution in [0.1, 0.15) is 26.3 Å². The molecule has 0 aliphatic heterocycles. The fourth-order valence-electron chi connectivity index (χ4n) is 1.31. The van der Waals surface area contributed by atoms with E-state index in [-0.39, 0.29) is 5.46 Å². The second-order valence-corrected chi connectivity index (χ2v) is 4.03. The molecule has 0 atom stereocenters. The highest BCUT2D eigenvalue weighted by atomic mass is 19.4. The van der Waals surface area contributed by atoms with E-state index in [4.69, 9.17) is 24.0 Å². The van der Waals surface area contributed by atoms with Gasteiger partial charge in [-0.25, -0.2) is 0 Å². The summed E-state index contributed by atoms with van der Waals surface area (Å²) in [5, 5.41) is 17.1. The summed E-state index contributed by atoms with van der Waals surface area (Å²) in [6, 6.07) is 0.637. The Labute approximate surface area is 133 Å². The summed E-state index contributed by atoms with van der Waals surface area (Å²) in [4.78, 5) is 3.23. The molecule has 130 valence electrons. The molecule has 0 aliphatic carbocycles. The standard InChI is InChI=1S/C6H5BF3NO2.C6H15BO3/c8-6(9,10)4-1-5(7(12)13)3-11-2-4;1-4-8-7(9-5-2)10-6-3/h1-3,12-13H;4-6H2,1-3H3. The predicted octanol–water partition coefficient (Wildman–Crippen LogP) is 0.861. The van der Waals surface area contributed by atoms with Crippen LogP contribution in [0, 0.1) is 0 Å². The van der Waals surface area contributed by atoms with Crippen molar-refractivity contribution >= 4 is 19.9 Å². The summed E-state index contributed by atoms with van der Waals surface area (Å²) in [6.07, 6.45) is -2.94. The second-order valence-electron chi connectivity index (χ2n) is 4.03. The maximum absolute atomic E-state index is 12.0. The van der Waals surface area contributed by atoms with Crippen molar-refractivity contribution in [3.8, 4) is 0 Å². The third-order valence-electron chi connectivity index (χ3n) is 2.29. The number of nitrogens with zero attached hydrogens (tertiary/aromatic N) is 1. The molecule has 6 nitrogen and oxygen atoms in total. The molecule has 23 heavy (non-hydrogen) atoms. The van der Waals surface area contributed by atoms with Crippen LogP contribution < -0.4 is 5.46 Å². The molecule has 0 aliphatic rings. The zero-order valence-electron chi connectivity index (χ0n) is 13.2. The first-order valence-corrected chi connectivity index (χ1v) is 6.99. The lowest BCUT2D eigenvalue weighted by Crippen LogP contribution is -2.31. The first kappa shape index (κ1) is 21.9. The van der Waals surface area contributed by atoms with Gasteiger partial charge in [0.2, 0.25) is 0 Å². The van der Waals surface area contributed by atoms with Crippen LogP contribution >= 0.6 is 0 Å². The minimum absolute atomic E-state index is 0.283. The number of alkyl halides is 3. The lowest BCUT2D eigenvalue weighted by molar-refractivity contribution is -0.137. The van der Waals surface area contributed by atoms with E-state index in [0.717, 1.165) is 6.20 Å². The van der Waals surface area contributed by atoms with Crippen molar-refractivity contribution < 1.29 is 37.2 Å². The van der Waals surface area contributed by atoms with Crippen LogP contribution in [0.5, 0.6) is 0 Å². The van der Waals surface area contributed by atoms with Crippen LogP contribution in [-0.2, 0) is 20.1 Å². The van der Waals surface area contributed by atoms with Crippen LogP contribution in [0.25, 0.3) is 0 Å². The van der Waals surface area contributed by atoms with E-state index in [1.54, 1.807) is 0 Å². The molecule has 0 saturated heterocycles. The Morgan fingerprint density at radius 2 is 1.48 bits per heavy atom. The van der Waals surface area contributed by atoms with E-state index in [9.17, 15) is 13.2 Å². The number of pyridine rings is 1. The molecule has 0 aromatic carbocycles. The molecular weight excluding hydrogens is 317 g/mol. The molecule has 0 radical (unpaired) electrons. The SMILES string of the molecule is CCOB(OCC)OCC.OB(O)c1cncc(C(F)(F)F)c1. The van der Waals surface area contributed by atoms with Gasteiger partial charge < -0.3 is 24.0 Å². The summed E-state index contributed by atoms with van der Waals surface area (Å²) in [7, 11) is -2.41. The van der Waals surface area contributed by atoms with Gasteiger partial charge in [-0.2, -0.15) is 13.2 Å². The Morgan fingerprint density at radius 3 is 1.83 bits per heavy atom. The van der Waals surface area contributed by atoms with Gasteiger partial charge >= 0.3 is 20.6 Å². The molecule has 2 N–H and O–H groups in total. The Bertz CT molecular complexity index is 423. The van der Waals surface area contributed by atoms with E-state index >= 15 is 0 Å². The summed E-state index contributed by atoms with van der Waals surface area (Å²) >= 11 is 0. The van der Waals surface area contributed by atoms with Crippen molar-refractivity contribution in [3.63, 3.8) is 0 Å². The lowest BCUT2D eigenvalue weighted by Gasteiger charge is -2.09. The Hall–Kier alpha value is -1.13. The van der Waals surface area contributed by atoms with Crippen molar-refractivity contribution in [2.24, 2.45) is 0 Å². The van der Waals surface area contributed by atoms with E-state index in [1.165, 1.54) is 0 Å². The van der Waals surface area contributed by atoms with Gasteiger partial charge in [0.15, 0.2) is 0 Å². The van der Waals surface area contributed by atoms with Gasteiger partial charge in [0.25, 0.3) is 0 Å². The van der Waals surface area contributed by atoms with Gasteiger partial charge in [-0.3, -0.25) is 4.98 Å². The summed E-state index contributed by atoms with van der Waals surface area (Å²) < 4.78 is 51.3. The monoisotopic (exact) mass is 337 g/mol. The largest absolute Gasteiger partial charge is 0.639 e. The fraction of sp³-hybridized carbons (Fsp3) is 0.583. The quantitative estimate of drug-likeness (QED) is 0.719. The summed E-state index contributed by atoms with van der Waals surface area (Å²) in [6.45, 7) is 7.57. The van der Waals surface area contributed by atoms with Crippen molar-refractivity contribution in [2.75, 3.05) is 19.8 Å². The Kier molecular flexibility index (Phi) is 10.9. The summed E-state index contributed by atoms with van der Waals surface area (Å²) in [5.41, 5.74) is -1.28. The van der Waals surface area contributed by atoms with Crippen LogP contribution in [-0.4, -0.2) is 49.3 Å². The van der Waals surface area contributed by atoms with Crippen LogP contribution in [0.15, 0.2) is 18.5 Å². The molecule has 1 heterocycles. The number of aromatic nitrogens is 1. The molecular formula is C12H20B2F3NO5. The molecule has 0 saturated carbocycles. The Balaban J connectivity index is 0.000000438. The van der Waals surface area contributed by atoms with E-state index < -0.39 is 26.2 Å². The van der Waals surface area contributed by atoms with Gasteiger partial charge in [0.1, 0.15) is 0 Å². The molecule has 0 unspecified atom stereocenters. The highest BCUT2D eigenvalue weighted by molar-refractivity contribution is 6.58. The number of hydrogen-bond acceptors (Lipinski definition) is 6. The van der Waals surface area contributed by atoms with Crippen molar-refractivity contribution in [3.05, 3.63) is 24.0 Å². The molecule has 0 spiro atoms. The van der Waals surface area contributed by atoms with Crippen molar-refractivity contribution in [1.29, 1.82) is 0 Å². The fourth-order valence-corrected chi connectivity index (χ4v) is 1.31. The van der Waals surface area contributed by atoms with Gasteiger partial charge in [-0.15, -0.1) is 0 Å². The average molecular weight is 337 g/mol. The zero-order chi connectivity index (χ0) is 17.9. The molecule has 0 bridgehead atoms. The molecule has 0 amide bonds. The van der Waals surface area contributed by atoms with E-state index in [0.29, 0.717) is 32.1 Å². The Morgan fingerprint density at radius 1 is 1.00 bits per heavy atom. The molecule has 1 aromatic heterocycles. The number of rotatable bonds is 7. The smallest absolute Gasteiger partial charge is 0.423 e. The van der Waals surface area contributed by atoms with Gasteiger partial charge in [0, 0.05) is 37.7 Å². The maximum Gasteiger partial charge on any atom is 0.639 e. The van der Waals surface area contributed by atoms with Crippen molar-refractivity contribution in [2.45, 2.75) is 26.9 Å². The van der Waals surface area contributed by atoms with Crippen LogP contribution in [0.2, 0.25) is 0 Å². The average Bonchev–Trinajstić information content (AvgIpc) is 2.48. The number of halogens is 3. The maximum atomic E-state index is 12.0. The predicted molar refractivity (Wildman–Crippen MR) is 79.7 cm³/mol. The minimum atomic E-state index is -4.52. The second kappa shape index (κ2) is 11.4. The van der Waals surface area contributed by atoms with Crippen molar-refractivity contribution in [1.82, 2.24) is 4.98 Å². The molecule has 1 rings (SSSR count). The van der Waals surface area contributed by atoms with E-state index in [1.807, 2.05) is 20.8 Å². The van der Waals surface area contributed by atoms with Gasteiger partial charge in [0.05, 0.1) is 5.56 Å². The van der Waals surface area contributed by atoms with E-state index in [2.05, 4.69) is 4.98 Å². The third-order valence-corrected chi connectivity index (χ3v) is 2.29.